The van der Waals surface area contributed by atoms with Crippen molar-refractivity contribution < 1.29 is 18.0 Å². The molecule has 0 fully saturated rings. The Morgan fingerprint density at radius 1 is 1.32 bits per heavy atom. The van der Waals surface area contributed by atoms with Crippen LogP contribution in [0.15, 0.2) is 45.1 Å². The van der Waals surface area contributed by atoms with E-state index in [1.807, 2.05) is 0 Å². The summed E-state index contributed by atoms with van der Waals surface area (Å²) in [6.45, 7) is 1.53. The predicted molar refractivity (Wildman–Crippen MR) is 103 cm³/mol. The number of nitrogens with one attached hydrogen (secondary N) is 1. The Labute approximate surface area is 171 Å². The van der Waals surface area contributed by atoms with Gasteiger partial charge in [0, 0.05) is 23.0 Å². The number of hydrogen-bond acceptors (Lipinski definition) is 4. The Hall–Kier alpha value is -2.53. The van der Waals surface area contributed by atoms with E-state index in [1.54, 1.807) is 0 Å². The van der Waals surface area contributed by atoms with E-state index >= 15 is 0 Å². The van der Waals surface area contributed by atoms with Crippen LogP contribution in [-0.4, -0.2) is 34.1 Å². The fraction of sp³-hybridized carbons (Fsp3) is 0.188. The van der Waals surface area contributed by atoms with Gasteiger partial charge in [0.15, 0.2) is 5.84 Å². The van der Waals surface area contributed by atoms with Crippen molar-refractivity contribution in [2.75, 3.05) is 0 Å². The predicted octanol–water partition coefficient (Wildman–Crippen LogP) is 3.75. The average Bonchev–Trinajstić information content (AvgIpc) is 2.61. The SMILES string of the molecule is C[C@H](NC(=O)c1cc(Cl)cc(C(F)(F)F)c1)/C(N=CN)=N\c1ncc(Br)cn1. The molecule has 148 valence electrons. The highest BCUT2D eigenvalue weighted by Crippen LogP contribution is 2.31. The van der Waals surface area contributed by atoms with Crippen LogP contribution in [-0.2, 0) is 6.18 Å². The van der Waals surface area contributed by atoms with E-state index in [1.165, 1.54) is 19.3 Å². The van der Waals surface area contributed by atoms with Gasteiger partial charge in [0.2, 0.25) is 0 Å². The quantitative estimate of drug-likeness (QED) is 0.517. The summed E-state index contributed by atoms with van der Waals surface area (Å²) < 4.78 is 39.4. The van der Waals surface area contributed by atoms with Crippen molar-refractivity contribution in [3.8, 4) is 0 Å². The molecule has 0 spiro atoms. The first-order chi connectivity index (χ1) is 13.1. The number of amidine groups is 1. The molecule has 2 aromatic rings. The van der Waals surface area contributed by atoms with Gasteiger partial charge in [-0.15, -0.1) is 0 Å². The number of benzene rings is 1. The van der Waals surface area contributed by atoms with Crippen LogP contribution in [0.1, 0.15) is 22.8 Å². The van der Waals surface area contributed by atoms with Crippen molar-refractivity contribution in [2.45, 2.75) is 19.1 Å². The molecule has 7 nitrogen and oxygen atoms in total. The molecular formula is C16H13BrClF3N6O. The lowest BCUT2D eigenvalue weighted by Gasteiger charge is -2.15. The molecule has 0 bridgehead atoms. The molecule has 2 rings (SSSR count). The number of alkyl halides is 3. The second-order valence-corrected chi connectivity index (χ2v) is 6.72. The van der Waals surface area contributed by atoms with Gasteiger partial charge < -0.3 is 11.1 Å². The van der Waals surface area contributed by atoms with Crippen molar-refractivity contribution in [1.82, 2.24) is 15.3 Å². The summed E-state index contributed by atoms with van der Waals surface area (Å²) in [6.07, 6.45) is -0.755. The molecule has 0 saturated heterocycles. The molecule has 1 aromatic carbocycles. The maximum Gasteiger partial charge on any atom is 0.416 e. The third kappa shape index (κ3) is 5.99. The Morgan fingerprint density at radius 3 is 2.54 bits per heavy atom. The molecule has 3 N–H and O–H groups in total. The normalized spacial score (nSPS) is 13.6. The molecule has 0 aliphatic rings. The zero-order valence-electron chi connectivity index (χ0n) is 14.2. The standard InChI is InChI=1S/C16H13BrClF3N6O/c1-8(13(25-7-22)27-15-23-5-11(17)6-24-15)26-14(28)9-2-10(16(19,20)21)4-12(18)3-9/h2-8H,1H3,(H,26,28)(H2,22,23,24,25,27)/t8-/m0/s1. The van der Waals surface area contributed by atoms with Gasteiger partial charge in [-0.05, 0) is 41.1 Å². The van der Waals surface area contributed by atoms with Crippen molar-refractivity contribution in [2.24, 2.45) is 15.7 Å². The summed E-state index contributed by atoms with van der Waals surface area (Å²) in [7, 11) is 0. The summed E-state index contributed by atoms with van der Waals surface area (Å²) in [4.78, 5) is 28.2. The van der Waals surface area contributed by atoms with Gasteiger partial charge in [-0.2, -0.15) is 18.2 Å². The van der Waals surface area contributed by atoms with Gasteiger partial charge in [0.1, 0.15) is 0 Å². The highest BCUT2D eigenvalue weighted by atomic mass is 79.9. The third-order valence-electron chi connectivity index (χ3n) is 3.25. The maximum atomic E-state index is 12.9. The first-order valence-electron chi connectivity index (χ1n) is 7.59. The first-order valence-corrected chi connectivity index (χ1v) is 8.76. The average molecular weight is 478 g/mol. The molecule has 1 atom stereocenters. The van der Waals surface area contributed by atoms with E-state index in [0.29, 0.717) is 10.5 Å². The molecule has 0 aliphatic carbocycles. The van der Waals surface area contributed by atoms with Gasteiger partial charge in [-0.1, -0.05) is 11.6 Å². The van der Waals surface area contributed by atoms with Gasteiger partial charge in [-0.3, -0.25) is 4.79 Å². The fourth-order valence-corrected chi connectivity index (χ4v) is 2.45. The number of carbonyl (C=O) groups excluding carboxylic acids is 1. The van der Waals surface area contributed by atoms with Crippen molar-refractivity contribution in [3.05, 3.63) is 51.2 Å². The number of aromatic nitrogens is 2. The van der Waals surface area contributed by atoms with E-state index in [2.05, 4.69) is 41.2 Å². The summed E-state index contributed by atoms with van der Waals surface area (Å²) in [5.41, 5.74) is 4.00. The van der Waals surface area contributed by atoms with Gasteiger partial charge >= 0.3 is 6.18 Å². The number of nitrogens with zero attached hydrogens (tertiary/aromatic N) is 4. The highest BCUT2D eigenvalue weighted by Gasteiger charge is 2.32. The van der Waals surface area contributed by atoms with Gasteiger partial charge in [-0.25, -0.2) is 15.0 Å². The number of rotatable bonds is 4. The van der Waals surface area contributed by atoms with Crippen LogP contribution < -0.4 is 11.1 Å². The second-order valence-electron chi connectivity index (χ2n) is 5.37. The van der Waals surface area contributed by atoms with Crippen LogP contribution in [0.25, 0.3) is 0 Å². The van der Waals surface area contributed by atoms with Crippen molar-refractivity contribution in [1.29, 1.82) is 0 Å². The zero-order valence-corrected chi connectivity index (χ0v) is 16.5. The minimum absolute atomic E-state index is 0.0521. The topological polar surface area (TPSA) is 106 Å². The van der Waals surface area contributed by atoms with Crippen molar-refractivity contribution in [3.63, 3.8) is 0 Å². The minimum atomic E-state index is -4.64. The van der Waals surface area contributed by atoms with Gasteiger partial charge in [0.25, 0.3) is 11.9 Å². The molecule has 0 aliphatic heterocycles. The third-order valence-corrected chi connectivity index (χ3v) is 3.88. The molecule has 1 amide bonds. The molecule has 0 radical (unpaired) electrons. The van der Waals surface area contributed by atoms with E-state index in [9.17, 15) is 18.0 Å². The first kappa shape index (κ1) is 21.8. The summed E-state index contributed by atoms with van der Waals surface area (Å²) in [5.74, 6) is -0.680. The van der Waals surface area contributed by atoms with Crippen LogP contribution in [0.5, 0.6) is 0 Å². The van der Waals surface area contributed by atoms with Crippen molar-refractivity contribution >= 4 is 51.6 Å². The van der Waals surface area contributed by atoms with Crippen LogP contribution in [0.2, 0.25) is 5.02 Å². The number of carbonyl (C=O) groups is 1. The largest absolute Gasteiger partial charge is 0.416 e. The molecule has 1 aromatic heterocycles. The van der Waals surface area contributed by atoms with Crippen LogP contribution >= 0.6 is 27.5 Å². The Kier molecular flexibility index (Phi) is 7.08. The molecule has 28 heavy (non-hydrogen) atoms. The Balaban J connectivity index is 2.26. The van der Waals surface area contributed by atoms with Crippen LogP contribution in [0, 0.1) is 0 Å². The number of amides is 1. The fourth-order valence-electron chi connectivity index (χ4n) is 2.01. The van der Waals surface area contributed by atoms with Crippen LogP contribution in [0.3, 0.4) is 0 Å². The molecule has 12 heteroatoms. The van der Waals surface area contributed by atoms with E-state index in [0.717, 1.165) is 18.5 Å². The number of halogens is 5. The molecule has 0 saturated carbocycles. The Morgan fingerprint density at radius 2 is 1.96 bits per heavy atom. The van der Waals surface area contributed by atoms with E-state index < -0.39 is 23.7 Å². The minimum Gasteiger partial charge on any atom is -0.390 e. The number of nitrogens with two attached hydrogens (primary N) is 1. The molecular weight excluding hydrogens is 465 g/mol. The van der Waals surface area contributed by atoms with Gasteiger partial charge in [0.05, 0.1) is 22.4 Å². The number of aliphatic imine (C=N–C) groups is 2. The van der Waals surface area contributed by atoms with E-state index in [4.69, 9.17) is 17.3 Å². The Bertz CT molecular complexity index is 918. The zero-order chi connectivity index (χ0) is 20.9. The summed E-state index contributed by atoms with van der Waals surface area (Å²) in [5, 5.41) is 2.27. The number of hydrogen-bond donors (Lipinski definition) is 2. The van der Waals surface area contributed by atoms with E-state index in [-0.39, 0.29) is 22.4 Å². The summed E-state index contributed by atoms with van der Waals surface area (Å²) >= 11 is 8.89. The monoisotopic (exact) mass is 476 g/mol. The summed E-state index contributed by atoms with van der Waals surface area (Å²) in [6, 6.07) is 1.75. The maximum absolute atomic E-state index is 12.9. The highest BCUT2D eigenvalue weighted by molar-refractivity contribution is 9.10. The second kappa shape index (κ2) is 9.11. The van der Waals surface area contributed by atoms with Crippen LogP contribution in [0.4, 0.5) is 19.1 Å². The molecule has 0 unspecified atom stereocenters. The lowest BCUT2D eigenvalue weighted by Crippen LogP contribution is -2.38. The molecule has 1 heterocycles. The lowest BCUT2D eigenvalue weighted by atomic mass is 10.1. The smallest absolute Gasteiger partial charge is 0.390 e. The lowest BCUT2D eigenvalue weighted by molar-refractivity contribution is -0.137.